The van der Waals surface area contributed by atoms with Crippen LogP contribution in [0.5, 0.6) is 0 Å². The van der Waals surface area contributed by atoms with Gasteiger partial charge in [0.15, 0.2) is 0 Å². The van der Waals surface area contributed by atoms with E-state index in [2.05, 4.69) is 4.90 Å². The third-order valence-electron chi connectivity index (χ3n) is 3.54. The Morgan fingerprint density at radius 2 is 1.83 bits per heavy atom. The minimum atomic E-state index is 0.0713. The van der Waals surface area contributed by atoms with Crippen molar-refractivity contribution in [2.24, 2.45) is 5.73 Å². The average molecular weight is 249 g/mol. The van der Waals surface area contributed by atoms with Gasteiger partial charge in [0, 0.05) is 31.9 Å². The van der Waals surface area contributed by atoms with Crippen molar-refractivity contribution in [1.82, 2.24) is 4.57 Å². The summed E-state index contributed by atoms with van der Waals surface area (Å²) < 4.78 is 1.78. The van der Waals surface area contributed by atoms with E-state index in [1.165, 1.54) is 31.4 Å². The highest BCUT2D eigenvalue weighted by atomic mass is 16.1. The van der Waals surface area contributed by atoms with Crippen LogP contribution in [0.4, 0.5) is 5.69 Å². The van der Waals surface area contributed by atoms with Crippen molar-refractivity contribution < 1.29 is 0 Å². The lowest BCUT2D eigenvalue weighted by atomic mass is 10.2. The van der Waals surface area contributed by atoms with Crippen molar-refractivity contribution >= 4 is 5.69 Å². The summed E-state index contributed by atoms with van der Waals surface area (Å²) in [5.41, 5.74) is 6.75. The zero-order chi connectivity index (χ0) is 12.8. The molecule has 0 radical (unpaired) electrons. The molecule has 1 aromatic rings. The molecule has 2 heterocycles. The summed E-state index contributed by atoms with van der Waals surface area (Å²) in [4.78, 5) is 14.1. The summed E-state index contributed by atoms with van der Waals surface area (Å²) in [6.45, 7) is 3.56. The van der Waals surface area contributed by atoms with Crippen LogP contribution in [-0.2, 0) is 6.54 Å². The number of nitrogens with two attached hydrogens (primary N) is 1. The number of pyridine rings is 1. The van der Waals surface area contributed by atoms with Gasteiger partial charge in [0.05, 0.1) is 5.69 Å². The van der Waals surface area contributed by atoms with Crippen LogP contribution in [0.1, 0.15) is 32.1 Å². The zero-order valence-corrected chi connectivity index (χ0v) is 11.0. The highest BCUT2D eigenvalue weighted by Gasteiger charge is 2.10. The van der Waals surface area contributed by atoms with Crippen LogP contribution < -0.4 is 16.2 Å². The smallest absolute Gasteiger partial charge is 0.250 e. The Morgan fingerprint density at radius 3 is 2.50 bits per heavy atom. The summed E-state index contributed by atoms with van der Waals surface area (Å²) in [7, 11) is 0. The van der Waals surface area contributed by atoms with E-state index in [-0.39, 0.29) is 5.56 Å². The number of aryl methyl sites for hydroxylation is 1. The van der Waals surface area contributed by atoms with Crippen LogP contribution >= 0.6 is 0 Å². The van der Waals surface area contributed by atoms with Crippen LogP contribution in [0.3, 0.4) is 0 Å². The highest BCUT2D eigenvalue weighted by Crippen LogP contribution is 2.17. The molecule has 1 aromatic heterocycles. The number of hydrogen-bond acceptors (Lipinski definition) is 3. The second-order valence-electron chi connectivity index (χ2n) is 4.96. The summed E-state index contributed by atoms with van der Waals surface area (Å²) in [5, 5.41) is 0. The van der Waals surface area contributed by atoms with E-state index in [9.17, 15) is 4.79 Å². The average Bonchev–Trinajstić information content (AvgIpc) is 2.67. The topological polar surface area (TPSA) is 51.3 Å². The van der Waals surface area contributed by atoms with Gasteiger partial charge >= 0.3 is 0 Å². The van der Waals surface area contributed by atoms with Crippen LogP contribution in [0, 0.1) is 0 Å². The van der Waals surface area contributed by atoms with Gasteiger partial charge in [-0.1, -0.05) is 12.8 Å². The number of aromatic nitrogens is 1. The summed E-state index contributed by atoms with van der Waals surface area (Å²) >= 11 is 0. The maximum Gasteiger partial charge on any atom is 0.250 e. The fraction of sp³-hybridized carbons (Fsp3) is 0.643. The molecule has 4 heteroatoms. The minimum Gasteiger partial charge on any atom is -0.370 e. The Labute approximate surface area is 108 Å². The van der Waals surface area contributed by atoms with Gasteiger partial charge in [0.2, 0.25) is 0 Å². The summed E-state index contributed by atoms with van der Waals surface area (Å²) in [5.74, 6) is 0. The lowest BCUT2D eigenvalue weighted by molar-refractivity contribution is 0.627. The number of anilines is 1. The molecule has 0 bridgehead atoms. The van der Waals surface area contributed by atoms with Crippen LogP contribution in [0.25, 0.3) is 0 Å². The fourth-order valence-corrected chi connectivity index (χ4v) is 2.47. The Morgan fingerprint density at radius 1 is 1.11 bits per heavy atom. The van der Waals surface area contributed by atoms with Crippen molar-refractivity contribution in [3.8, 4) is 0 Å². The molecule has 1 aliphatic rings. The van der Waals surface area contributed by atoms with Crippen molar-refractivity contribution in [1.29, 1.82) is 0 Å². The van der Waals surface area contributed by atoms with Gasteiger partial charge in [-0.25, -0.2) is 0 Å². The molecule has 0 saturated carbocycles. The van der Waals surface area contributed by atoms with E-state index < -0.39 is 0 Å². The van der Waals surface area contributed by atoms with Gasteiger partial charge in [-0.15, -0.1) is 0 Å². The molecule has 18 heavy (non-hydrogen) atoms. The van der Waals surface area contributed by atoms with Gasteiger partial charge < -0.3 is 15.2 Å². The predicted molar refractivity (Wildman–Crippen MR) is 75.1 cm³/mol. The normalized spacial score (nSPS) is 16.6. The van der Waals surface area contributed by atoms with Gasteiger partial charge in [0.1, 0.15) is 0 Å². The standard InChI is InChI=1S/C14H23N3O/c15-8-5-11-17-12-13(6-7-14(17)18)16-9-3-1-2-4-10-16/h6-7,12H,1-5,8-11,15H2. The van der Waals surface area contributed by atoms with Gasteiger partial charge in [-0.3, -0.25) is 4.79 Å². The zero-order valence-electron chi connectivity index (χ0n) is 11.0. The first-order chi connectivity index (χ1) is 8.81. The first-order valence-corrected chi connectivity index (χ1v) is 6.97. The third kappa shape index (κ3) is 3.35. The quantitative estimate of drug-likeness (QED) is 0.881. The maximum atomic E-state index is 11.7. The molecular weight excluding hydrogens is 226 g/mol. The van der Waals surface area contributed by atoms with Crippen LogP contribution in [0.15, 0.2) is 23.1 Å². The first kappa shape index (κ1) is 13.1. The molecule has 1 fully saturated rings. The molecule has 0 aromatic carbocycles. The second-order valence-corrected chi connectivity index (χ2v) is 4.96. The molecule has 0 amide bonds. The lowest BCUT2D eigenvalue weighted by Crippen LogP contribution is -2.27. The largest absolute Gasteiger partial charge is 0.370 e. The summed E-state index contributed by atoms with van der Waals surface area (Å²) in [6, 6.07) is 3.63. The van der Waals surface area contributed by atoms with Crippen LogP contribution in [0.2, 0.25) is 0 Å². The molecular formula is C14H23N3O. The molecule has 1 saturated heterocycles. The van der Waals surface area contributed by atoms with E-state index in [1.807, 2.05) is 12.3 Å². The SMILES string of the molecule is NCCCn1cc(N2CCCCCC2)ccc1=O. The van der Waals surface area contributed by atoms with Gasteiger partial charge in [-0.05, 0) is 31.9 Å². The second kappa shape index (κ2) is 6.59. The molecule has 4 nitrogen and oxygen atoms in total. The summed E-state index contributed by atoms with van der Waals surface area (Å²) in [6.07, 6.45) is 7.99. The number of rotatable bonds is 4. The van der Waals surface area contributed by atoms with Crippen molar-refractivity contribution in [2.75, 3.05) is 24.5 Å². The Bertz CT molecular complexity index is 419. The van der Waals surface area contributed by atoms with Gasteiger partial charge in [0.25, 0.3) is 5.56 Å². The van der Waals surface area contributed by atoms with E-state index in [4.69, 9.17) is 5.73 Å². The van der Waals surface area contributed by atoms with E-state index in [0.29, 0.717) is 6.54 Å². The van der Waals surface area contributed by atoms with E-state index in [0.717, 1.165) is 26.1 Å². The number of hydrogen-bond donors (Lipinski definition) is 1. The molecule has 0 atom stereocenters. The molecule has 0 unspecified atom stereocenters. The fourth-order valence-electron chi connectivity index (χ4n) is 2.47. The van der Waals surface area contributed by atoms with Crippen molar-refractivity contribution in [3.63, 3.8) is 0 Å². The van der Waals surface area contributed by atoms with Crippen LogP contribution in [-0.4, -0.2) is 24.2 Å². The predicted octanol–water partition coefficient (Wildman–Crippen LogP) is 1.58. The van der Waals surface area contributed by atoms with E-state index >= 15 is 0 Å². The molecule has 1 aliphatic heterocycles. The first-order valence-electron chi connectivity index (χ1n) is 6.97. The molecule has 100 valence electrons. The number of nitrogens with zero attached hydrogens (tertiary/aromatic N) is 2. The molecule has 2 N–H and O–H groups in total. The monoisotopic (exact) mass is 249 g/mol. The Balaban J connectivity index is 2.14. The Kier molecular flexibility index (Phi) is 4.81. The van der Waals surface area contributed by atoms with E-state index in [1.54, 1.807) is 10.6 Å². The maximum absolute atomic E-state index is 11.7. The molecule has 0 aliphatic carbocycles. The lowest BCUT2D eigenvalue weighted by Gasteiger charge is -2.23. The molecule has 2 rings (SSSR count). The molecule has 0 spiro atoms. The van der Waals surface area contributed by atoms with Crippen molar-refractivity contribution in [3.05, 3.63) is 28.7 Å². The van der Waals surface area contributed by atoms with Gasteiger partial charge in [-0.2, -0.15) is 0 Å². The minimum absolute atomic E-state index is 0.0713. The van der Waals surface area contributed by atoms with Crippen molar-refractivity contribution in [2.45, 2.75) is 38.6 Å². The Hall–Kier alpha value is -1.29. The third-order valence-corrected chi connectivity index (χ3v) is 3.54. The highest BCUT2D eigenvalue weighted by molar-refractivity contribution is 5.44.